The van der Waals surface area contributed by atoms with Crippen LogP contribution in [0.1, 0.15) is 25.7 Å². The van der Waals surface area contributed by atoms with Gasteiger partial charge in [-0.1, -0.05) is 24.8 Å². The zero-order chi connectivity index (χ0) is 23.3. The van der Waals surface area contributed by atoms with Crippen molar-refractivity contribution in [1.82, 2.24) is 10.6 Å². The van der Waals surface area contributed by atoms with Gasteiger partial charge in [0, 0.05) is 24.7 Å². The minimum absolute atomic E-state index is 0.0259. The first kappa shape index (κ1) is 26.5. The largest absolute Gasteiger partial charge is 0.490 e. The molecule has 0 bridgehead atoms. The molecule has 31 heavy (non-hydrogen) atoms. The van der Waals surface area contributed by atoms with E-state index in [1.54, 1.807) is 0 Å². The van der Waals surface area contributed by atoms with E-state index in [-0.39, 0.29) is 29.2 Å². The van der Waals surface area contributed by atoms with Crippen LogP contribution in [0.25, 0.3) is 0 Å². The third-order valence-electron chi connectivity index (χ3n) is 4.00. The number of anilines is 1. The van der Waals surface area contributed by atoms with Gasteiger partial charge >= 0.3 is 0 Å². The Kier molecular flexibility index (Phi) is 11.7. The molecule has 0 aliphatic rings. The topological polar surface area (TPSA) is 134 Å². The summed E-state index contributed by atoms with van der Waals surface area (Å²) in [5.74, 6) is -0.551. The highest BCUT2D eigenvalue weighted by Gasteiger charge is 2.21. The van der Waals surface area contributed by atoms with Crippen molar-refractivity contribution in [2.45, 2.75) is 30.6 Å². The van der Waals surface area contributed by atoms with Crippen LogP contribution >= 0.6 is 11.6 Å². The standard InChI is InChI=1S/C20H28ClN3O6S/c1-3-18(25)23-10-6-5-9-22-16-13-15(21)14-17(31(27,28)29)20(16)30-12-8-7-11-24-19(26)4-2/h3-4,13-14,22H,1-2,5-12H2,(H,23,25)(H,24,26)(H,27,28,29). The number of amides is 2. The molecule has 0 aromatic heterocycles. The van der Waals surface area contributed by atoms with Crippen molar-refractivity contribution >= 4 is 39.2 Å². The third-order valence-corrected chi connectivity index (χ3v) is 5.08. The Bertz CT molecular complexity index is 889. The lowest BCUT2D eigenvalue weighted by molar-refractivity contribution is -0.117. The number of ether oxygens (including phenoxy) is 1. The summed E-state index contributed by atoms with van der Waals surface area (Å²) in [5.41, 5.74) is 0.329. The van der Waals surface area contributed by atoms with Crippen molar-refractivity contribution in [3.63, 3.8) is 0 Å². The predicted octanol–water partition coefficient (Wildman–Crippen LogP) is 2.54. The van der Waals surface area contributed by atoms with E-state index in [0.29, 0.717) is 51.0 Å². The van der Waals surface area contributed by atoms with Gasteiger partial charge in [-0.05, 0) is 50.0 Å². The number of halogens is 1. The van der Waals surface area contributed by atoms with E-state index in [9.17, 15) is 22.6 Å². The average Bonchev–Trinajstić information content (AvgIpc) is 2.72. The van der Waals surface area contributed by atoms with Crippen LogP contribution in [0.4, 0.5) is 5.69 Å². The number of rotatable bonds is 15. The molecule has 1 aromatic rings. The Labute approximate surface area is 187 Å². The molecule has 0 saturated carbocycles. The summed E-state index contributed by atoms with van der Waals surface area (Å²) < 4.78 is 38.8. The summed E-state index contributed by atoms with van der Waals surface area (Å²) in [6.07, 6.45) is 4.87. The van der Waals surface area contributed by atoms with Gasteiger partial charge in [-0.25, -0.2) is 0 Å². The summed E-state index contributed by atoms with van der Waals surface area (Å²) in [6, 6.07) is 2.63. The predicted molar refractivity (Wildman–Crippen MR) is 120 cm³/mol. The van der Waals surface area contributed by atoms with Crippen LogP contribution in [0.15, 0.2) is 42.3 Å². The molecule has 4 N–H and O–H groups in total. The number of benzene rings is 1. The summed E-state index contributed by atoms with van der Waals surface area (Å²) in [5, 5.41) is 8.47. The van der Waals surface area contributed by atoms with Gasteiger partial charge in [0.25, 0.3) is 10.1 Å². The van der Waals surface area contributed by atoms with Gasteiger partial charge < -0.3 is 20.7 Å². The fourth-order valence-corrected chi connectivity index (χ4v) is 3.44. The molecule has 0 unspecified atom stereocenters. The molecule has 0 saturated heterocycles. The number of hydrogen-bond acceptors (Lipinski definition) is 6. The zero-order valence-corrected chi connectivity index (χ0v) is 18.7. The summed E-state index contributed by atoms with van der Waals surface area (Å²) in [4.78, 5) is 21.8. The van der Waals surface area contributed by atoms with Gasteiger partial charge in [0.15, 0.2) is 5.75 Å². The first-order valence-electron chi connectivity index (χ1n) is 9.67. The normalized spacial score (nSPS) is 10.8. The fourth-order valence-electron chi connectivity index (χ4n) is 2.48. The van der Waals surface area contributed by atoms with Crippen LogP contribution in [0.2, 0.25) is 5.02 Å². The smallest absolute Gasteiger partial charge is 0.298 e. The second-order valence-electron chi connectivity index (χ2n) is 6.44. The Hall–Kier alpha value is -2.56. The van der Waals surface area contributed by atoms with Crippen molar-refractivity contribution in [2.24, 2.45) is 0 Å². The number of nitrogens with one attached hydrogen (secondary N) is 3. The molecule has 172 valence electrons. The van der Waals surface area contributed by atoms with E-state index < -0.39 is 15.0 Å². The van der Waals surface area contributed by atoms with Gasteiger partial charge in [-0.15, -0.1) is 0 Å². The SMILES string of the molecule is C=CC(=O)NCCCCNc1cc(Cl)cc(S(=O)(=O)O)c1OCCCCNC(=O)C=C. The molecule has 2 amide bonds. The van der Waals surface area contributed by atoms with Crippen LogP contribution in [-0.4, -0.2) is 51.0 Å². The molecular weight excluding hydrogens is 446 g/mol. The molecule has 0 heterocycles. The maximum atomic E-state index is 11.8. The second kappa shape index (κ2) is 13.7. The molecule has 11 heteroatoms. The molecule has 9 nitrogen and oxygen atoms in total. The van der Waals surface area contributed by atoms with Crippen LogP contribution in [0.3, 0.4) is 0 Å². The monoisotopic (exact) mass is 473 g/mol. The Morgan fingerprint density at radius 1 is 1.00 bits per heavy atom. The highest BCUT2D eigenvalue weighted by Crippen LogP contribution is 2.36. The minimum Gasteiger partial charge on any atom is -0.490 e. The molecule has 0 aliphatic carbocycles. The van der Waals surface area contributed by atoms with Crippen molar-refractivity contribution in [1.29, 1.82) is 0 Å². The summed E-state index contributed by atoms with van der Waals surface area (Å²) in [7, 11) is -4.57. The average molecular weight is 474 g/mol. The van der Waals surface area contributed by atoms with Crippen LogP contribution in [-0.2, 0) is 19.7 Å². The van der Waals surface area contributed by atoms with E-state index in [1.807, 2.05) is 0 Å². The van der Waals surface area contributed by atoms with Gasteiger partial charge in [-0.2, -0.15) is 8.42 Å². The van der Waals surface area contributed by atoms with E-state index in [2.05, 4.69) is 29.1 Å². The molecule has 0 atom stereocenters. The van der Waals surface area contributed by atoms with Crippen molar-refractivity contribution < 1.29 is 27.3 Å². The molecule has 1 rings (SSSR count). The van der Waals surface area contributed by atoms with Gasteiger partial charge in [0.2, 0.25) is 11.8 Å². The van der Waals surface area contributed by atoms with E-state index in [1.165, 1.54) is 18.2 Å². The molecule has 1 aromatic carbocycles. The van der Waals surface area contributed by atoms with Gasteiger partial charge in [-0.3, -0.25) is 14.1 Å². The first-order chi connectivity index (χ1) is 14.7. The van der Waals surface area contributed by atoms with Crippen LogP contribution < -0.4 is 20.7 Å². The Morgan fingerprint density at radius 2 is 1.55 bits per heavy atom. The maximum Gasteiger partial charge on any atom is 0.298 e. The van der Waals surface area contributed by atoms with Crippen molar-refractivity contribution in [2.75, 3.05) is 31.6 Å². The molecule has 0 radical (unpaired) electrons. The van der Waals surface area contributed by atoms with Crippen molar-refractivity contribution in [3.05, 3.63) is 42.5 Å². The molecule has 0 fully saturated rings. The number of carbonyl (C=O) groups is 2. The van der Waals surface area contributed by atoms with Crippen molar-refractivity contribution in [3.8, 4) is 5.75 Å². The lowest BCUT2D eigenvalue weighted by Gasteiger charge is -2.17. The van der Waals surface area contributed by atoms with Gasteiger partial charge in [0.05, 0.1) is 12.3 Å². The Balaban J connectivity index is 2.72. The fraction of sp³-hybridized carbons (Fsp3) is 0.400. The maximum absolute atomic E-state index is 11.8. The number of unbranched alkanes of at least 4 members (excludes halogenated alkanes) is 2. The van der Waals surface area contributed by atoms with E-state index >= 15 is 0 Å². The van der Waals surface area contributed by atoms with Crippen LogP contribution in [0.5, 0.6) is 5.75 Å². The van der Waals surface area contributed by atoms with Crippen LogP contribution in [0, 0.1) is 0 Å². The zero-order valence-electron chi connectivity index (χ0n) is 17.2. The summed E-state index contributed by atoms with van der Waals surface area (Å²) >= 11 is 6.01. The lowest BCUT2D eigenvalue weighted by atomic mass is 10.2. The third kappa shape index (κ3) is 10.3. The van der Waals surface area contributed by atoms with E-state index in [0.717, 1.165) is 6.07 Å². The molecule has 0 spiro atoms. The quantitative estimate of drug-likeness (QED) is 0.175. The number of hydrogen-bond donors (Lipinski definition) is 4. The lowest BCUT2D eigenvalue weighted by Crippen LogP contribution is -2.22. The Morgan fingerprint density at radius 3 is 2.10 bits per heavy atom. The molecule has 0 aliphatic heterocycles. The second-order valence-corrected chi connectivity index (χ2v) is 8.26. The summed E-state index contributed by atoms with van der Waals surface area (Å²) in [6.45, 7) is 8.25. The highest BCUT2D eigenvalue weighted by atomic mass is 35.5. The van der Waals surface area contributed by atoms with Gasteiger partial charge in [0.1, 0.15) is 4.90 Å². The van der Waals surface area contributed by atoms with E-state index in [4.69, 9.17) is 16.3 Å². The highest BCUT2D eigenvalue weighted by molar-refractivity contribution is 7.86. The number of carbonyl (C=O) groups excluding carboxylic acids is 2. The first-order valence-corrected chi connectivity index (χ1v) is 11.5. The molecular formula is C20H28ClN3O6S. The minimum atomic E-state index is -4.57.